The van der Waals surface area contributed by atoms with Crippen molar-refractivity contribution in [1.82, 2.24) is 20.1 Å². The van der Waals surface area contributed by atoms with E-state index in [0.717, 1.165) is 33.7 Å². The summed E-state index contributed by atoms with van der Waals surface area (Å²) in [6.45, 7) is 0.765. The van der Waals surface area contributed by atoms with Crippen LogP contribution in [0, 0.1) is 0 Å². The second-order valence-corrected chi connectivity index (χ2v) is 5.58. The van der Waals surface area contributed by atoms with Crippen molar-refractivity contribution in [2.45, 2.75) is 6.54 Å². The van der Waals surface area contributed by atoms with Gasteiger partial charge < -0.3 is 5.32 Å². The SMILES string of the molecule is CNCc1cnn(-c2ccc(Br)cn2)c1-c1ccccc1. The van der Waals surface area contributed by atoms with Gasteiger partial charge in [-0.25, -0.2) is 9.67 Å². The maximum atomic E-state index is 4.51. The van der Waals surface area contributed by atoms with E-state index in [-0.39, 0.29) is 0 Å². The van der Waals surface area contributed by atoms with E-state index in [1.165, 1.54) is 0 Å². The zero-order valence-corrected chi connectivity index (χ0v) is 13.2. The molecule has 21 heavy (non-hydrogen) atoms. The summed E-state index contributed by atoms with van der Waals surface area (Å²) in [6.07, 6.45) is 3.67. The van der Waals surface area contributed by atoms with Crippen LogP contribution in [0.25, 0.3) is 17.1 Å². The fourth-order valence-electron chi connectivity index (χ4n) is 2.27. The summed E-state index contributed by atoms with van der Waals surface area (Å²) in [6, 6.07) is 14.2. The summed E-state index contributed by atoms with van der Waals surface area (Å²) in [5, 5.41) is 7.70. The minimum absolute atomic E-state index is 0.765. The van der Waals surface area contributed by atoms with Gasteiger partial charge >= 0.3 is 0 Å². The maximum Gasteiger partial charge on any atom is 0.154 e. The molecule has 0 saturated carbocycles. The molecule has 0 unspecified atom stereocenters. The van der Waals surface area contributed by atoms with Crippen LogP contribution in [0.4, 0.5) is 0 Å². The minimum Gasteiger partial charge on any atom is -0.316 e. The summed E-state index contributed by atoms with van der Waals surface area (Å²) in [5.41, 5.74) is 3.35. The summed E-state index contributed by atoms with van der Waals surface area (Å²) >= 11 is 3.41. The van der Waals surface area contributed by atoms with Crippen molar-refractivity contribution < 1.29 is 0 Å². The van der Waals surface area contributed by atoms with Crippen molar-refractivity contribution in [3.05, 3.63) is 64.9 Å². The lowest BCUT2D eigenvalue weighted by atomic mass is 10.1. The molecule has 1 aromatic carbocycles. The number of halogens is 1. The molecule has 3 rings (SSSR count). The van der Waals surface area contributed by atoms with Gasteiger partial charge in [-0.05, 0) is 35.1 Å². The van der Waals surface area contributed by atoms with Crippen molar-refractivity contribution in [2.24, 2.45) is 0 Å². The van der Waals surface area contributed by atoms with E-state index in [4.69, 9.17) is 0 Å². The normalized spacial score (nSPS) is 10.8. The van der Waals surface area contributed by atoms with E-state index in [1.807, 2.05) is 48.3 Å². The molecule has 5 heteroatoms. The molecule has 0 amide bonds. The maximum absolute atomic E-state index is 4.51. The summed E-state index contributed by atoms with van der Waals surface area (Å²) < 4.78 is 2.84. The van der Waals surface area contributed by atoms with Gasteiger partial charge in [0.25, 0.3) is 0 Å². The molecule has 0 bridgehead atoms. The number of nitrogens with zero attached hydrogens (tertiary/aromatic N) is 3. The molecular weight excluding hydrogens is 328 g/mol. The van der Waals surface area contributed by atoms with E-state index >= 15 is 0 Å². The van der Waals surface area contributed by atoms with Gasteiger partial charge in [-0.1, -0.05) is 30.3 Å². The molecule has 2 aromatic heterocycles. The van der Waals surface area contributed by atoms with Crippen LogP contribution in [0.1, 0.15) is 5.56 Å². The number of pyridine rings is 1. The second kappa shape index (κ2) is 6.20. The van der Waals surface area contributed by atoms with Gasteiger partial charge in [0.15, 0.2) is 5.82 Å². The Bertz CT molecular complexity index is 720. The molecule has 0 atom stereocenters. The molecule has 0 radical (unpaired) electrons. The Kier molecular flexibility index (Phi) is 4.13. The molecule has 0 aliphatic carbocycles. The molecule has 2 heterocycles. The van der Waals surface area contributed by atoms with Crippen LogP contribution in [0.5, 0.6) is 0 Å². The van der Waals surface area contributed by atoms with Gasteiger partial charge in [-0.2, -0.15) is 5.10 Å². The van der Waals surface area contributed by atoms with Crippen LogP contribution < -0.4 is 5.32 Å². The Hall–Kier alpha value is -1.98. The minimum atomic E-state index is 0.765. The average molecular weight is 343 g/mol. The van der Waals surface area contributed by atoms with Crippen LogP contribution in [0.15, 0.2) is 59.3 Å². The highest BCUT2D eigenvalue weighted by molar-refractivity contribution is 9.10. The Labute approximate surface area is 132 Å². The van der Waals surface area contributed by atoms with Crippen LogP contribution in [-0.2, 0) is 6.54 Å². The van der Waals surface area contributed by atoms with E-state index in [2.05, 4.69) is 43.5 Å². The number of benzene rings is 1. The smallest absolute Gasteiger partial charge is 0.154 e. The quantitative estimate of drug-likeness (QED) is 0.789. The Morgan fingerprint density at radius 2 is 1.90 bits per heavy atom. The number of hydrogen-bond acceptors (Lipinski definition) is 3. The van der Waals surface area contributed by atoms with Crippen molar-refractivity contribution in [3.8, 4) is 17.1 Å². The number of nitrogens with one attached hydrogen (secondary N) is 1. The molecule has 0 saturated heterocycles. The number of hydrogen-bond donors (Lipinski definition) is 1. The summed E-state index contributed by atoms with van der Waals surface area (Å²) in [4.78, 5) is 4.44. The first-order chi connectivity index (χ1) is 10.3. The van der Waals surface area contributed by atoms with E-state index in [1.54, 1.807) is 6.20 Å². The van der Waals surface area contributed by atoms with Crippen molar-refractivity contribution >= 4 is 15.9 Å². The van der Waals surface area contributed by atoms with Gasteiger partial charge in [0.05, 0.1) is 11.9 Å². The van der Waals surface area contributed by atoms with Crippen LogP contribution in [0.2, 0.25) is 0 Å². The monoisotopic (exact) mass is 342 g/mol. The summed E-state index contributed by atoms with van der Waals surface area (Å²) in [5.74, 6) is 0.805. The van der Waals surface area contributed by atoms with Crippen molar-refractivity contribution in [3.63, 3.8) is 0 Å². The Morgan fingerprint density at radius 3 is 2.57 bits per heavy atom. The molecule has 4 nitrogen and oxygen atoms in total. The molecule has 3 aromatic rings. The molecule has 0 aliphatic rings. The predicted molar refractivity (Wildman–Crippen MR) is 87.3 cm³/mol. The van der Waals surface area contributed by atoms with Crippen LogP contribution in [-0.4, -0.2) is 21.8 Å². The zero-order chi connectivity index (χ0) is 14.7. The fourth-order valence-corrected chi connectivity index (χ4v) is 2.51. The third-order valence-corrected chi connectivity index (χ3v) is 3.66. The van der Waals surface area contributed by atoms with Gasteiger partial charge in [0.2, 0.25) is 0 Å². The predicted octanol–water partition coefficient (Wildman–Crippen LogP) is 3.42. The molecular formula is C16H15BrN4. The number of rotatable bonds is 4. The van der Waals surface area contributed by atoms with Crippen molar-refractivity contribution in [2.75, 3.05) is 7.05 Å². The Morgan fingerprint density at radius 1 is 1.10 bits per heavy atom. The fraction of sp³-hybridized carbons (Fsp3) is 0.125. The largest absolute Gasteiger partial charge is 0.316 e. The first-order valence-electron chi connectivity index (χ1n) is 6.68. The van der Waals surface area contributed by atoms with Gasteiger partial charge in [-0.15, -0.1) is 0 Å². The van der Waals surface area contributed by atoms with Gasteiger partial charge in [0.1, 0.15) is 0 Å². The van der Waals surface area contributed by atoms with Crippen LogP contribution >= 0.6 is 15.9 Å². The second-order valence-electron chi connectivity index (χ2n) is 4.66. The summed E-state index contributed by atoms with van der Waals surface area (Å²) in [7, 11) is 1.93. The van der Waals surface area contributed by atoms with Crippen LogP contribution in [0.3, 0.4) is 0 Å². The molecule has 0 fully saturated rings. The first-order valence-corrected chi connectivity index (χ1v) is 7.48. The van der Waals surface area contributed by atoms with Gasteiger partial charge in [0, 0.05) is 28.3 Å². The topological polar surface area (TPSA) is 42.7 Å². The lowest BCUT2D eigenvalue weighted by molar-refractivity contribution is 0.817. The third kappa shape index (κ3) is 2.89. The first kappa shape index (κ1) is 14.0. The zero-order valence-electron chi connectivity index (χ0n) is 11.6. The average Bonchev–Trinajstić information content (AvgIpc) is 2.93. The van der Waals surface area contributed by atoms with E-state index < -0.39 is 0 Å². The van der Waals surface area contributed by atoms with Gasteiger partial charge in [-0.3, -0.25) is 0 Å². The van der Waals surface area contributed by atoms with Crippen molar-refractivity contribution in [1.29, 1.82) is 0 Å². The highest BCUT2D eigenvalue weighted by Crippen LogP contribution is 2.26. The van der Waals surface area contributed by atoms with E-state index in [0.29, 0.717) is 0 Å². The lowest BCUT2D eigenvalue weighted by Gasteiger charge is -2.09. The number of aromatic nitrogens is 3. The Balaban J connectivity index is 2.15. The van der Waals surface area contributed by atoms with E-state index in [9.17, 15) is 0 Å². The highest BCUT2D eigenvalue weighted by Gasteiger charge is 2.14. The highest BCUT2D eigenvalue weighted by atomic mass is 79.9. The molecule has 106 valence electrons. The standard InChI is InChI=1S/C16H15BrN4/c1-18-9-13-10-20-21(15-8-7-14(17)11-19-15)16(13)12-5-3-2-4-6-12/h2-8,10-11,18H,9H2,1H3. The lowest BCUT2D eigenvalue weighted by Crippen LogP contribution is -2.07. The molecule has 0 aliphatic heterocycles. The molecule has 1 N–H and O–H groups in total. The third-order valence-electron chi connectivity index (χ3n) is 3.19. The molecule has 0 spiro atoms.